The van der Waals surface area contributed by atoms with Gasteiger partial charge in [0.1, 0.15) is 0 Å². The maximum absolute atomic E-state index is 14.1. The van der Waals surface area contributed by atoms with Crippen molar-refractivity contribution >= 4 is 50.8 Å². The Balaban J connectivity index is 1.39. The van der Waals surface area contributed by atoms with Gasteiger partial charge in [-0.05, 0) is 35.7 Å². The molecular weight excluding hydrogens is 580 g/mol. The highest BCUT2D eigenvalue weighted by molar-refractivity contribution is 6.23. The summed E-state index contributed by atoms with van der Waals surface area (Å²) in [6, 6.07) is 14.1. The number of carbonyl (C=O) groups excluding carboxylic acids is 2. The number of pyridine rings is 1. The second kappa shape index (κ2) is 11.6. The molecule has 3 aromatic carbocycles. The van der Waals surface area contributed by atoms with Crippen molar-refractivity contribution in [3.63, 3.8) is 0 Å². The van der Waals surface area contributed by atoms with Crippen molar-refractivity contribution < 1.29 is 28.7 Å². The average molecular weight is 623 g/mol. The third-order valence-electron chi connectivity index (χ3n) is 8.66. The first-order valence-electron chi connectivity index (χ1n) is 15.8. The van der Waals surface area contributed by atoms with Crippen LogP contribution in [0.2, 0.25) is 0 Å². The molecule has 0 radical (unpaired) electrons. The van der Waals surface area contributed by atoms with Crippen LogP contribution in [0, 0.1) is 0 Å². The third kappa shape index (κ3) is 5.64. The van der Waals surface area contributed by atoms with Crippen molar-refractivity contribution in [2.45, 2.75) is 12.8 Å². The largest absolute Gasteiger partial charge is 0.856 e. The Labute approximate surface area is 268 Å². The van der Waals surface area contributed by atoms with Crippen LogP contribution in [0.4, 0.5) is 5.69 Å². The number of imide groups is 1. The molecule has 0 saturated carbocycles. The van der Waals surface area contributed by atoms with Crippen molar-refractivity contribution in [3.05, 3.63) is 87.2 Å². The Morgan fingerprint density at radius 3 is 2.09 bits per heavy atom. The highest BCUT2D eigenvalue weighted by atomic mass is 16.3. The number of hydrogen-bond acceptors (Lipinski definition) is 6. The van der Waals surface area contributed by atoms with Gasteiger partial charge in [0.05, 0.1) is 77.8 Å². The Kier molecular flexibility index (Phi) is 7.92. The van der Waals surface area contributed by atoms with Crippen LogP contribution in [-0.2, 0) is 0 Å². The van der Waals surface area contributed by atoms with E-state index in [0.717, 1.165) is 57.2 Å². The molecular formula is C36H42N6O4+2. The fraction of sp³-hybridized carbons (Fsp3) is 0.333. The summed E-state index contributed by atoms with van der Waals surface area (Å²) in [7, 11) is 12.8. The van der Waals surface area contributed by atoms with Crippen LogP contribution in [0.5, 0.6) is 5.88 Å². The first kappa shape index (κ1) is 31.3. The van der Waals surface area contributed by atoms with Gasteiger partial charge in [-0.2, -0.15) is 4.68 Å². The fourth-order valence-electron chi connectivity index (χ4n) is 6.44. The summed E-state index contributed by atoms with van der Waals surface area (Å²) in [5.74, 6) is -1.95. The molecule has 238 valence electrons. The van der Waals surface area contributed by atoms with Crippen LogP contribution >= 0.6 is 0 Å². The smallest absolute Gasteiger partial charge is 0.377 e. The molecule has 6 rings (SSSR count). The SMILES string of the molecule is C[N+](C)(C)CCCN=C1C=Cc2c(=O)n([NH+]3C(=O)c4cccc5c(NCCC[N+](C)(C)C)ccc(c45)C3=O)c([O-])c3cccc1c23. The number of carbonyl (C=O) groups is 2. The number of benzene rings is 3. The molecule has 2 heterocycles. The van der Waals surface area contributed by atoms with Crippen molar-refractivity contribution in [2.75, 3.05) is 73.8 Å². The lowest BCUT2D eigenvalue weighted by Gasteiger charge is -2.28. The Morgan fingerprint density at radius 2 is 1.39 bits per heavy atom. The first-order valence-corrected chi connectivity index (χ1v) is 15.8. The van der Waals surface area contributed by atoms with E-state index in [4.69, 9.17) is 4.99 Å². The molecule has 1 aliphatic carbocycles. The van der Waals surface area contributed by atoms with Gasteiger partial charge in [0.15, 0.2) is 0 Å². The number of amides is 2. The van der Waals surface area contributed by atoms with E-state index in [2.05, 4.69) is 47.6 Å². The van der Waals surface area contributed by atoms with Gasteiger partial charge in [-0.1, -0.05) is 35.3 Å². The fourth-order valence-corrected chi connectivity index (χ4v) is 6.44. The van der Waals surface area contributed by atoms with Crippen LogP contribution in [0.3, 0.4) is 0 Å². The molecule has 1 unspecified atom stereocenters. The van der Waals surface area contributed by atoms with E-state index < -0.39 is 28.3 Å². The Morgan fingerprint density at radius 1 is 0.761 bits per heavy atom. The second-order valence-electron chi connectivity index (χ2n) is 14.2. The number of nitrogens with zero attached hydrogens (tertiary/aromatic N) is 4. The van der Waals surface area contributed by atoms with E-state index in [-0.39, 0.29) is 10.9 Å². The van der Waals surface area contributed by atoms with Crippen molar-refractivity contribution in [2.24, 2.45) is 4.99 Å². The van der Waals surface area contributed by atoms with Gasteiger partial charge in [0.25, 0.3) is 0 Å². The van der Waals surface area contributed by atoms with E-state index in [1.165, 1.54) is 0 Å². The van der Waals surface area contributed by atoms with Gasteiger partial charge >= 0.3 is 17.4 Å². The molecule has 0 saturated heterocycles. The number of nitrogens with one attached hydrogen (secondary N) is 2. The van der Waals surface area contributed by atoms with Crippen LogP contribution in [0.25, 0.3) is 27.6 Å². The molecule has 1 aliphatic heterocycles. The van der Waals surface area contributed by atoms with Crippen LogP contribution in [-0.4, -0.2) is 99.6 Å². The Bertz CT molecular complexity index is 2010. The lowest BCUT2D eigenvalue weighted by atomic mass is 9.92. The molecule has 4 aromatic rings. The molecule has 0 fully saturated rings. The lowest BCUT2D eigenvalue weighted by molar-refractivity contribution is -0.870. The van der Waals surface area contributed by atoms with Crippen LogP contribution in [0.15, 0.2) is 64.4 Å². The number of quaternary nitrogens is 3. The molecule has 2 N–H and O–H groups in total. The first-order chi connectivity index (χ1) is 21.8. The zero-order valence-electron chi connectivity index (χ0n) is 27.4. The van der Waals surface area contributed by atoms with Crippen molar-refractivity contribution in [3.8, 4) is 5.88 Å². The molecule has 10 nitrogen and oxygen atoms in total. The average Bonchev–Trinajstić information content (AvgIpc) is 3.00. The zero-order chi connectivity index (χ0) is 33.0. The van der Waals surface area contributed by atoms with Gasteiger partial charge < -0.3 is 19.4 Å². The molecule has 1 atom stereocenters. The summed E-state index contributed by atoms with van der Waals surface area (Å²) >= 11 is 0. The van der Waals surface area contributed by atoms with Gasteiger partial charge in [-0.25, -0.2) is 9.59 Å². The third-order valence-corrected chi connectivity index (χ3v) is 8.66. The number of allylic oxidation sites excluding steroid dienone is 1. The maximum Gasteiger partial charge on any atom is 0.377 e. The standard InChI is InChI=1S/C36H40N6O4/c1-41(2,3)21-9-19-37-29-17-15-27-31-23(29)11-7-13-25(31)33(43)39(35(27)45)40-34(44)26-14-8-12-24-30(38-20-10-22-42(4,5)6)18-16-28(32(24)26)36(40)46/h7-8,11-18H,9-10,19-22H2,1-6H3/p+2. The summed E-state index contributed by atoms with van der Waals surface area (Å²) in [5, 5.41) is 19.1. The Hall–Kier alpha value is -4.64. The van der Waals surface area contributed by atoms with E-state index in [1.807, 2.05) is 18.2 Å². The summed E-state index contributed by atoms with van der Waals surface area (Å²) in [6.07, 6.45) is 5.26. The number of aliphatic imine (C=N–C) groups is 1. The molecule has 0 bridgehead atoms. The lowest BCUT2D eigenvalue weighted by Crippen LogP contribution is -3.21. The van der Waals surface area contributed by atoms with Crippen molar-refractivity contribution in [1.82, 2.24) is 4.68 Å². The summed E-state index contributed by atoms with van der Waals surface area (Å²) in [6.45, 7) is 3.30. The van der Waals surface area contributed by atoms with E-state index in [9.17, 15) is 19.5 Å². The minimum absolute atomic E-state index is 0.265. The number of rotatable bonds is 10. The topological polar surface area (TPSA) is 108 Å². The molecule has 46 heavy (non-hydrogen) atoms. The second-order valence-corrected chi connectivity index (χ2v) is 14.2. The predicted octanol–water partition coefficient (Wildman–Crippen LogP) is 2.29. The minimum Gasteiger partial charge on any atom is -0.856 e. The highest BCUT2D eigenvalue weighted by Crippen LogP contribution is 2.33. The highest BCUT2D eigenvalue weighted by Gasteiger charge is 2.42. The van der Waals surface area contributed by atoms with Gasteiger partial charge in [-0.3, -0.25) is 9.79 Å². The number of hydrogen-bond donors (Lipinski definition) is 2. The molecule has 2 amide bonds. The van der Waals surface area contributed by atoms with Gasteiger partial charge in [-0.15, -0.1) is 0 Å². The number of aromatic nitrogens is 1. The number of anilines is 1. The minimum atomic E-state index is -0.687. The van der Waals surface area contributed by atoms with E-state index in [0.29, 0.717) is 39.7 Å². The van der Waals surface area contributed by atoms with Gasteiger partial charge in [0.2, 0.25) is 0 Å². The summed E-state index contributed by atoms with van der Waals surface area (Å²) < 4.78 is 2.48. The van der Waals surface area contributed by atoms with E-state index >= 15 is 0 Å². The maximum atomic E-state index is 14.1. The van der Waals surface area contributed by atoms with Crippen LogP contribution < -0.4 is 21.0 Å². The zero-order valence-corrected chi connectivity index (χ0v) is 27.4. The van der Waals surface area contributed by atoms with E-state index in [1.54, 1.807) is 42.5 Å². The molecule has 10 heteroatoms. The van der Waals surface area contributed by atoms with Crippen molar-refractivity contribution in [1.29, 1.82) is 0 Å². The monoisotopic (exact) mass is 622 g/mol. The molecule has 0 spiro atoms. The van der Waals surface area contributed by atoms with Gasteiger partial charge in [0, 0.05) is 59.2 Å². The molecule has 1 aromatic heterocycles. The summed E-state index contributed by atoms with van der Waals surface area (Å²) in [5.41, 5.74) is 2.40. The molecule has 2 aliphatic rings. The predicted molar refractivity (Wildman–Crippen MR) is 181 cm³/mol. The normalized spacial score (nSPS) is 17.0. The summed E-state index contributed by atoms with van der Waals surface area (Å²) in [4.78, 5) is 47.0. The van der Waals surface area contributed by atoms with Crippen LogP contribution in [0.1, 0.15) is 44.7 Å². The quantitative estimate of drug-likeness (QED) is 0.160.